The fraction of sp³-hybridized carbons (Fsp3) is 0.286. The van der Waals surface area contributed by atoms with E-state index < -0.39 is 46.6 Å². The van der Waals surface area contributed by atoms with Gasteiger partial charge in [-0.1, -0.05) is 0 Å². The maximum absolute atomic E-state index is 12.9. The molecule has 0 amide bonds. The molecular weight excluding hydrogens is 367 g/mol. The number of aromatic nitrogens is 2. The van der Waals surface area contributed by atoms with Gasteiger partial charge in [-0.15, -0.1) is 0 Å². The highest BCUT2D eigenvalue weighted by atomic mass is 19.4. The van der Waals surface area contributed by atoms with Crippen molar-refractivity contribution in [2.45, 2.75) is 25.5 Å². The largest absolute Gasteiger partial charge is 0.418 e. The minimum absolute atomic E-state index is 0.0210. The van der Waals surface area contributed by atoms with Crippen molar-refractivity contribution < 1.29 is 39.5 Å². The van der Waals surface area contributed by atoms with Gasteiger partial charge in [0.25, 0.3) is 0 Å². The van der Waals surface area contributed by atoms with Gasteiger partial charge >= 0.3 is 18.5 Å². The predicted molar refractivity (Wildman–Crippen MR) is 67.2 cm³/mol. The summed E-state index contributed by atoms with van der Waals surface area (Å²) in [4.78, 5) is 6.62. The highest BCUT2D eigenvalue weighted by Crippen LogP contribution is 2.41. The first kappa shape index (κ1) is 19.0. The molecule has 2 rings (SSSR count). The second kappa shape index (κ2) is 5.88. The number of alkyl halides is 9. The summed E-state index contributed by atoms with van der Waals surface area (Å²) in [5.74, 6) is 0. The summed E-state index contributed by atoms with van der Waals surface area (Å²) in [7, 11) is 0. The van der Waals surface area contributed by atoms with Crippen molar-refractivity contribution in [1.82, 2.24) is 9.97 Å². The Morgan fingerprint density at radius 2 is 1.00 bits per heavy atom. The van der Waals surface area contributed by atoms with Gasteiger partial charge in [0.1, 0.15) is 0 Å². The first-order chi connectivity index (χ1) is 11.2. The highest BCUT2D eigenvalue weighted by Gasteiger charge is 2.43. The van der Waals surface area contributed by atoms with Crippen molar-refractivity contribution in [3.8, 4) is 11.4 Å². The van der Waals surface area contributed by atoms with Crippen molar-refractivity contribution in [2.75, 3.05) is 0 Å². The van der Waals surface area contributed by atoms with Gasteiger partial charge in [-0.05, 0) is 24.6 Å². The molecule has 0 aliphatic carbocycles. The van der Waals surface area contributed by atoms with Crippen LogP contribution in [-0.2, 0) is 18.5 Å². The molecule has 25 heavy (non-hydrogen) atoms. The SMILES string of the molecule is Cc1cc(-c2cc(C(F)(F)F)c(C(F)(F)F)cn2)ncc1C(F)(F)F. The molecule has 0 bridgehead atoms. The molecule has 0 atom stereocenters. The zero-order valence-electron chi connectivity index (χ0n) is 12.1. The molecule has 2 heterocycles. The first-order valence-electron chi connectivity index (χ1n) is 6.40. The summed E-state index contributed by atoms with van der Waals surface area (Å²) >= 11 is 0. The summed E-state index contributed by atoms with van der Waals surface area (Å²) in [5.41, 5.74) is -6.49. The summed E-state index contributed by atoms with van der Waals surface area (Å²) in [6.45, 7) is 1.04. The third-order valence-corrected chi connectivity index (χ3v) is 3.19. The van der Waals surface area contributed by atoms with Crippen molar-refractivity contribution in [3.63, 3.8) is 0 Å². The third-order valence-electron chi connectivity index (χ3n) is 3.19. The van der Waals surface area contributed by atoms with E-state index in [0.29, 0.717) is 6.20 Å². The second-order valence-electron chi connectivity index (χ2n) is 4.99. The molecule has 0 radical (unpaired) electrons. The van der Waals surface area contributed by atoms with Gasteiger partial charge in [-0.3, -0.25) is 9.97 Å². The van der Waals surface area contributed by atoms with Crippen LogP contribution in [0.4, 0.5) is 39.5 Å². The van der Waals surface area contributed by atoms with Gasteiger partial charge < -0.3 is 0 Å². The average Bonchev–Trinajstić information content (AvgIpc) is 2.43. The topological polar surface area (TPSA) is 25.8 Å². The number of rotatable bonds is 1. The summed E-state index contributed by atoms with van der Waals surface area (Å²) < 4.78 is 115. The molecule has 0 spiro atoms. The maximum Gasteiger partial charge on any atom is 0.418 e. The third kappa shape index (κ3) is 4.02. The van der Waals surface area contributed by atoms with Gasteiger partial charge in [-0.2, -0.15) is 39.5 Å². The summed E-state index contributed by atoms with van der Waals surface area (Å²) in [6.07, 6.45) is -15.0. The zero-order valence-corrected chi connectivity index (χ0v) is 12.1. The van der Waals surface area contributed by atoms with Crippen molar-refractivity contribution in [2.24, 2.45) is 0 Å². The Balaban J connectivity index is 2.60. The van der Waals surface area contributed by atoms with Gasteiger partial charge in [0, 0.05) is 12.4 Å². The lowest BCUT2D eigenvalue weighted by molar-refractivity contribution is -0.162. The standard InChI is InChI=1S/C14H7F9N2/c1-6-2-10(24-4-8(6)13(18,19)20)11-3-7(12(15,16)17)9(5-25-11)14(21,22)23/h2-5H,1H3. The number of hydrogen-bond donors (Lipinski definition) is 0. The Kier molecular flexibility index (Phi) is 4.47. The Bertz CT molecular complexity index is 788. The van der Waals surface area contributed by atoms with Crippen LogP contribution in [0, 0.1) is 6.92 Å². The molecule has 0 N–H and O–H groups in total. The minimum Gasteiger partial charge on any atom is -0.254 e. The van der Waals surface area contributed by atoms with Crippen LogP contribution in [0.25, 0.3) is 11.4 Å². The molecule has 2 aromatic rings. The number of pyridine rings is 2. The number of halogens is 9. The van der Waals surface area contributed by atoms with Crippen LogP contribution in [0.1, 0.15) is 22.3 Å². The Morgan fingerprint density at radius 3 is 1.40 bits per heavy atom. The summed E-state index contributed by atoms with van der Waals surface area (Å²) in [5, 5.41) is 0. The van der Waals surface area contributed by atoms with E-state index in [4.69, 9.17) is 0 Å². The van der Waals surface area contributed by atoms with Crippen LogP contribution in [0.2, 0.25) is 0 Å². The van der Waals surface area contributed by atoms with Gasteiger partial charge in [-0.25, -0.2) is 0 Å². The molecule has 0 saturated carbocycles. The monoisotopic (exact) mass is 374 g/mol. The lowest BCUT2D eigenvalue weighted by atomic mass is 10.0. The molecule has 136 valence electrons. The molecule has 0 fully saturated rings. The number of aryl methyl sites for hydroxylation is 1. The molecule has 2 nitrogen and oxygen atoms in total. The van der Waals surface area contributed by atoms with E-state index in [9.17, 15) is 39.5 Å². The molecular formula is C14H7F9N2. The van der Waals surface area contributed by atoms with E-state index in [1.54, 1.807) is 0 Å². The second-order valence-corrected chi connectivity index (χ2v) is 4.99. The molecule has 0 aliphatic rings. The van der Waals surface area contributed by atoms with E-state index in [-0.39, 0.29) is 17.8 Å². The lowest BCUT2D eigenvalue weighted by Gasteiger charge is -2.16. The molecule has 2 aromatic heterocycles. The highest BCUT2D eigenvalue weighted by molar-refractivity contribution is 5.58. The van der Waals surface area contributed by atoms with Crippen molar-refractivity contribution in [1.29, 1.82) is 0 Å². The molecule has 11 heteroatoms. The maximum atomic E-state index is 12.9. The number of nitrogens with zero attached hydrogens (tertiary/aromatic N) is 2. The molecule has 0 aliphatic heterocycles. The van der Waals surface area contributed by atoms with Crippen LogP contribution in [0.3, 0.4) is 0 Å². The smallest absolute Gasteiger partial charge is 0.254 e. The Hall–Kier alpha value is -2.33. The number of hydrogen-bond acceptors (Lipinski definition) is 2. The van der Waals surface area contributed by atoms with Gasteiger partial charge in [0.15, 0.2) is 0 Å². The average molecular weight is 374 g/mol. The fourth-order valence-corrected chi connectivity index (χ4v) is 2.05. The first-order valence-corrected chi connectivity index (χ1v) is 6.40. The Labute approximate surface area is 134 Å². The van der Waals surface area contributed by atoms with Crippen LogP contribution in [0.15, 0.2) is 24.5 Å². The molecule has 0 saturated heterocycles. The van der Waals surface area contributed by atoms with Crippen molar-refractivity contribution >= 4 is 0 Å². The van der Waals surface area contributed by atoms with E-state index in [1.165, 1.54) is 0 Å². The molecule has 0 aromatic carbocycles. The van der Waals surface area contributed by atoms with Gasteiger partial charge in [0.2, 0.25) is 0 Å². The summed E-state index contributed by atoms with van der Waals surface area (Å²) in [6, 6.07) is 0.913. The van der Waals surface area contributed by atoms with Crippen LogP contribution < -0.4 is 0 Å². The van der Waals surface area contributed by atoms with Crippen molar-refractivity contribution in [3.05, 3.63) is 46.8 Å². The van der Waals surface area contributed by atoms with Crippen LogP contribution in [0.5, 0.6) is 0 Å². The fourth-order valence-electron chi connectivity index (χ4n) is 2.05. The quantitative estimate of drug-likeness (QED) is 0.616. The van der Waals surface area contributed by atoms with E-state index in [1.807, 2.05) is 0 Å². The Morgan fingerprint density at radius 1 is 0.600 bits per heavy atom. The normalized spacial score (nSPS) is 13.2. The minimum atomic E-state index is -5.33. The van der Waals surface area contributed by atoms with E-state index in [0.717, 1.165) is 13.0 Å². The van der Waals surface area contributed by atoms with E-state index >= 15 is 0 Å². The van der Waals surface area contributed by atoms with Gasteiger partial charge in [0.05, 0.1) is 28.1 Å². The van der Waals surface area contributed by atoms with E-state index in [2.05, 4.69) is 9.97 Å². The van der Waals surface area contributed by atoms with Crippen LogP contribution >= 0.6 is 0 Å². The van der Waals surface area contributed by atoms with Crippen LogP contribution in [-0.4, -0.2) is 9.97 Å². The lowest BCUT2D eigenvalue weighted by Crippen LogP contribution is -2.17. The zero-order chi connectivity index (χ0) is 19.2. The predicted octanol–water partition coefficient (Wildman–Crippen LogP) is 5.51. The molecule has 0 unspecified atom stereocenters.